The molecule has 0 saturated carbocycles. The Morgan fingerprint density at radius 3 is 2.78 bits per heavy atom. The minimum absolute atomic E-state index is 0.0160. The van der Waals surface area contributed by atoms with Gasteiger partial charge < -0.3 is 5.32 Å². The number of aryl methyl sites for hydroxylation is 2. The summed E-state index contributed by atoms with van der Waals surface area (Å²) >= 11 is 0. The molecule has 5 heteroatoms. The van der Waals surface area contributed by atoms with E-state index in [0.29, 0.717) is 18.2 Å². The molecule has 2 aromatic heterocycles. The number of hydrogen-bond donors (Lipinski definition) is 1. The molecule has 4 rings (SSSR count). The lowest BCUT2D eigenvalue weighted by Crippen LogP contribution is -2.45. The van der Waals surface area contributed by atoms with Crippen molar-refractivity contribution in [3.05, 3.63) is 81.4 Å². The van der Waals surface area contributed by atoms with Gasteiger partial charge in [0.05, 0.1) is 5.69 Å². The number of aromatic nitrogens is 2. The molecule has 0 amide bonds. The van der Waals surface area contributed by atoms with Crippen LogP contribution in [0.5, 0.6) is 0 Å². The summed E-state index contributed by atoms with van der Waals surface area (Å²) in [5.74, 6) is 0. The molecule has 1 unspecified atom stereocenters. The van der Waals surface area contributed by atoms with Gasteiger partial charge in [0.25, 0.3) is 5.56 Å². The minimum atomic E-state index is -0.0160. The number of rotatable bonds is 4. The molecule has 3 heterocycles. The van der Waals surface area contributed by atoms with Crippen molar-refractivity contribution in [3.63, 3.8) is 0 Å². The zero-order valence-corrected chi connectivity index (χ0v) is 16.0. The van der Waals surface area contributed by atoms with Gasteiger partial charge in [0.15, 0.2) is 0 Å². The Kier molecular flexibility index (Phi) is 5.05. The predicted octanol–water partition coefficient (Wildman–Crippen LogP) is 2.71. The molecule has 3 aromatic rings. The summed E-state index contributed by atoms with van der Waals surface area (Å²) in [6, 6.07) is 14.8. The average molecular weight is 362 g/mol. The molecule has 1 atom stereocenters. The Morgan fingerprint density at radius 2 is 2.00 bits per heavy atom. The highest BCUT2D eigenvalue weighted by molar-refractivity contribution is 5.40. The van der Waals surface area contributed by atoms with Crippen molar-refractivity contribution in [1.29, 1.82) is 0 Å². The Labute approximate surface area is 159 Å². The third kappa shape index (κ3) is 3.80. The van der Waals surface area contributed by atoms with Crippen LogP contribution in [0, 0.1) is 6.92 Å². The third-order valence-electron chi connectivity index (χ3n) is 5.35. The first-order valence-corrected chi connectivity index (χ1v) is 9.66. The number of fused-ring (bicyclic) bond motifs is 1. The molecule has 5 nitrogen and oxygen atoms in total. The number of benzene rings is 1. The molecule has 27 heavy (non-hydrogen) atoms. The smallest absolute Gasteiger partial charge is 0.258 e. The van der Waals surface area contributed by atoms with Crippen LogP contribution in [0.3, 0.4) is 0 Å². The topological polar surface area (TPSA) is 49.6 Å². The van der Waals surface area contributed by atoms with Crippen LogP contribution >= 0.6 is 0 Å². The van der Waals surface area contributed by atoms with E-state index in [1.807, 2.05) is 25.3 Å². The third-order valence-corrected chi connectivity index (χ3v) is 5.35. The van der Waals surface area contributed by atoms with Crippen molar-refractivity contribution < 1.29 is 0 Å². The molecule has 1 aliphatic rings. The van der Waals surface area contributed by atoms with E-state index >= 15 is 0 Å². The maximum Gasteiger partial charge on any atom is 0.258 e. The van der Waals surface area contributed by atoms with E-state index in [2.05, 4.69) is 41.4 Å². The summed E-state index contributed by atoms with van der Waals surface area (Å²) in [5, 5.41) is 3.50. The fourth-order valence-corrected chi connectivity index (χ4v) is 3.79. The van der Waals surface area contributed by atoms with Gasteiger partial charge in [-0.2, -0.15) is 0 Å². The summed E-state index contributed by atoms with van der Waals surface area (Å²) in [6.07, 6.45) is 2.90. The first-order chi connectivity index (χ1) is 13.1. The van der Waals surface area contributed by atoms with Crippen LogP contribution in [0.1, 0.15) is 35.3 Å². The van der Waals surface area contributed by atoms with Gasteiger partial charge in [-0.05, 0) is 36.1 Å². The van der Waals surface area contributed by atoms with Gasteiger partial charge in [-0.3, -0.25) is 14.1 Å². The highest BCUT2D eigenvalue weighted by Gasteiger charge is 2.24. The monoisotopic (exact) mass is 362 g/mol. The normalized spacial score (nSPS) is 18.1. The van der Waals surface area contributed by atoms with E-state index in [1.54, 1.807) is 10.5 Å². The molecule has 140 valence electrons. The Morgan fingerprint density at radius 1 is 1.19 bits per heavy atom. The van der Waals surface area contributed by atoms with Crippen LogP contribution in [0.2, 0.25) is 0 Å². The molecule has 1 N–H and O–H groups in total. The molecule has 1 saturated heterocycles. The largest absolute Gasteiger partial charge is 0.314 e. The fourth-order valence-electron chi connectivity index (χ4n) is 3.79. The summed E-state index contributed by atoms with van der Waals surface area (Å²) in [4.78, 5) is 19.7. The van der Waals surface area contributed by atoms with Crippen LogP contribution in [0.25, 0.3) is 5.65 Å². The molecular weight excluding hydrogens is 336 g/mol. The van der Waals surface area contributed by atoms with Crippen molar-refractivity contribution in [3.8, 4) is 0 Å². The van der Waals surface area contributed by atoms with Crippen molar-refractivity contribution >= 4 is 5.65 Å². The van der Waals surface area contributed by atoms with Gasteiger partial charge in [0.1, 0.15) is 5.65 Å². The number of pyridine rings is 1. The maximum atomic E-state index is 12.5. The lowest BCUT2D eigenvalue weighted by molar-refractivity contribution is 0.152. The van der Waals surface area contributed by atoms with Crippen molar-refractivity contribution in [1.82, 2.24) is 19.6 Å². The van der Waals surface area contributed by atoms with Gasteiger partial charge in [-0.1, -0.05) is 37.3 Å². The number of nitrogens with one attached hydrogen (secondary N) is 1. The average Bonchev–Trinajstić information content (AvgIpc) is 2.69. The van der Waals surface area contributed by atoms with E-state index in [1.165, 1.54) is 11.1 Å². The second-order valence-corrected chi connectivity index (χ2v) is 7.31. The fraction of sp³-hybridized carbons (Fsp3) is 0.364. The van der Waals surface area contributed by atoms with Gasteiger partial charge >= 0.3 is 0 Å². The molecule has 0 spiro atoms. The summed E-state index contributed by atoms with van der Waals surface area (Å²) in [5.41, 5.74) is 5.25. The highest BCUT2D eigenvalue weighted by Crippen LogP contribution is 2.24. The van der Waals surface area contributed by atoms with Gasteiger partial charge in [0, 0.05) is 44.5 Å². The molecule has 0 aliphatic carbocycles. The molecular formula is C22H26N4O. The van der Waals surface area contributed by atoms with E-state index < -0.39 is 0 Å². The molecule has 1 aromatic carbocycles. The van der Waals surface area contributed by atoms with Gasteiger partial charge in [0.2, 0.25) is 0 Å². The van der Waals surface area contributed by atoms with Crippen LogP contribution in [-0.4, -0.2) is 33.9 Å². The Bertz CT molecular complexity index is 993. The molecule has 1 fully saturated rings. The molecule has 1 aliphatic heterocycles. The molecule has 0 bridgehead atoms. The SMILES string of the molecule is CCc1ccc(C2CNCCN2Cc2cc(=O)n3cc(C)ccc3n2)cc1. The van der Waals surface area contributed by atoms with Crippen LogP contribution in [0.15, 0.2) is 53.5 Å². The van der Waals surface area contributed by atoms with E-state index in [4.69, 9.17) is 4.98 Å². The lowest BCUT2D eigenvalue weighted by Gasteiger charge is -2.36. The summed E-state index contributed by atoms with van der Waals surface area (Å²) < 4.78 is 1.62. The number of hydrogen-bond acceptors (Lipinski definition) is 4. The lowest BCUT2D eigenvalue weighted by atomic mass is 10.0. The Hall–Kier alpha value is -2.50. The summed E-state index contributed by atoms with van der Waals surface area (Å²) in [7, 11) is 0. The standard InChI is InChI=1S/C22H26N4O/c1-3-17-5-7-18(8-6-17)20-13-23-10-11-25(20)15-19-12-22(27)26-14-16(2)4-9-21(26)24-19/h4-9,12,14,20,23H,3,10-11,13,15H2,1-2H3. The number of nitrogens with zero attached hydrogens (tertiary/aromatic N) is 3. The first kappa shape index (κ1) is 17.9. The van der Waals surface area contributed by atoms with Crippen molar-refractivity contribution in [2.45, 2.75) is 32.9 Å². The van der Waals surface area contributed by atoms with Gasteiger partial charge in [-0.25, -0.2) is 4.98 Å². The summed E-state index contributed by atoms with van der Waals surface area (Å²) in [6.45, 7) is 7.65. The minimum Gasteiger partial charge on any atom is -0.314 e. The Balaban J connectivity index is 1.62. The van der Waals surface area contributed by atoms with Crippen LogP contribution < -0.4 is 10.9 Å². The predicted molar refractivity (Wildman–Crippen MR) is 108 cm³/mol. The van der Waals surface area contributed by atoms with E-state index in [9.17, 15) is 4.79 Å². The maximum absolute atomic E-state index is 12.5. The van der Waals surface area contributed by atoms with Crippen LogP contribution in [0.4, 0.5) is 0 Å². The first-order valence-electron chi connectivity index (χ1n) is 9.66. The zero-order chi connectivity index (χ0) is 18.8. The van der Waals surface area contributed by atoms with Crippen LogP contribution in [-0.2, 0) is 13.0 Å². The van der Waals surface area contributed by atoms with E-state index in [-0.39, 0.29) is 5.56 Å². The second kappa shape index (κ2) is 7.62. The second-order valence-electron chi connectivity index (χ2n) is 7.31. The highest BCUT2D eigenvalue weighted by atomic mass is 16.1. The number of piperazine rings is 1. The van der Waals surface area contributed by atoms with Crippen molar-refractivity contribution in [2.75, 3.05) is 19.6 Å². The van der Waals surface area contributed by atoms with Gasteiger partial charge in [-0.15, -0.1) is 0 Å². The quantitative estimate of drug-likeness (QED) is 0.775. The zero-order valence-electron chi connectivity index (χ0n) is 16.0. The van der Waals surface area contributed by atoms with Crippen molar-refractivity contribution in [2.24, 2.45) is 0 Å². The van der Waals surface area contributed by atoms with E-state index in [0.717, 1.165) is 37.3 Å². The molecule has 0 radical (unpaired) electrons.